The van der Waals surface area contributed by atoms with Gasteiger partial charge in [-0.2, -0.15) is 0 Å². The normalized spacial score (nSPS) is 10.4. The highest BCUT2D eigenvalue weighted by Crippen LogP contribution is 2.06. The predicted molar refractivity (Wildman–Crippen MR) is 43.3 cm³/mol. The molecule has 0 aliphatic rings. The molecule has 12 heavy (non-hydrogen) atoms. The summed E-state index contributed by atoms with van der Waals surface area (Å²) in [5.74, 6) is -0.660. The van der Waals surface area contributed by atoms with Gasteiger partial charge in [-0.1, -0.05) is 13.3 Å². The second kappa shape index (κ2) is 2.89. The molecule has 1 N–H and O–H groups in total. The standard InChI is InChI=1S/C8H8O4/c1-2-3-4-5(9)7(11)8(12)6(4)10/h9H,2-3H2,1H3. The van der Waals surface area contributed by atoms with E-state index in [9.17, 15) is 14.4 Å². The van der Waals surface area contributed by atoms with Gasteiger partial charge < -0.3 is 5.11 Å². The second-order valence-electron chi connectivity index (χ2n) is 2.56. The van der Waals surface area contributed by atoms with Crippen LogP contribution >= 0.6 is 0 Å². The summed E-state index contributed by atoms with van der Waals surface area (Å²) in [6, 6.07) is 0. The molecule has 4 nitrogen and oxygen atoms in total. The van der Waals surface area contributed by atoms with Gasteiger partial charge in [-0.25, -0.2) is 0 Å². The van der Waals surface area contributed by atoms with Gasteiger partial charge in [0.1, 0.15) is 0 Å². The van der Waals surface area contributed by atoms with E-state index in [2.05, 4.69) is 0 Å². The van der Waals surface area contributed by atoms with Crippen LogP contribution < -0.4 is 16.3 Å². The Kier molecular flexibility index (Phi) is 2.08. The van der Waals surface area contributed by atoms with Crippen LogP contribution in [0.4, 0.5) is 0 Å². The van der Waals surface area contributed by atoms with Gasteiger partial charge in [0, 0.05) is 5.56 Å². The quantitative estimate of drug-likeness (QED) is 0.593. The summed E-state index contributed by atoms with van der Waals surface area (Å²) in [7, 11) is 0. The molecule has 0 saturated carbocycles. The largest absolute Gasteiger partial charge is 0.504 e. The van der Waals surface area contributed by atoms with Crippen molar-refractivity contribution in [1.82, 2.24) is 0 Å². The van der Waals surface area contributed by atoms with Gasteiger partial charge in [0.15, 0.2) is 5.75 Å². The number of rotatable bonds is 2. The fourth-order valence-corrected chi connectivity index (χ4v) is 1.07. The highest BCUT2D eigenvalue weighted by atomic mass is 16.3. The molecule has 0 saturated heterocycles. The summed E-state index contributed by atoms with van der Waals surface area (Å²) in [5.41, 5.74) is -3.06. The van der Waals surface area contributed by atoms with Crippen LogP contribution in [0.15, 0.2) is 14.4 Å². The molecule has 0 aromatic heterocycles. The van der Waals surface area contributed by atoms with Crippen molar-refractivity contribution < 1.29 is 5.11 Å². The molecule has 0 spiro atoms. The molecule has 1 aromatic carbocycles. The third kappa shape index (κ3) is 1.05. The lowest BCUT2D eigenvalue weighted by atomic mass is 10.2. The maximum atomic E-state index is 10.9. The molecule has 0 fully saturated rings. The van der Waals surface area contributed by atoms with E-state index in [0.29, 0.717) is 6.42 Å². The van der Waals surface area contributed by atoms with E-state index >= 15 is 0 Å². The molecule has 0 aliphatic heterocycles. The van der Waals surface area contributed by atoms with Crippen LogP contribution in [-0.4, -0.2) is 5.11 Å². The molecule has 0 heterocycles. The Bertz CT molecular complexity index is 423. The number of hydrogen-bond donors (Lipinski definition) is 1. The number of aromatic hydroxyl groups is 1. The Balaban J connectivity index is 3.50. The van der Waals surface area contributed by atoms with Gasteiger partial charge in [0.05, 0.1) is 0 Å². The lowest BCUT2D eigenvalue weighted by molar-refractivity contribution is 0.465. The number of hydrogen-bond acceptors (Lipinski definition) is 4. The molecular formula is C8H8O4. The van der Waals surface area contributed by atoms with Crippen molar-refractivity contribution in [2.45, 2.75) is 19.8 Å². The molecule has 1 rings (SSSR count). The minimum absolute atomic E-state index is 0.0347. The van der Waals surface area contributed by atoms with Crippen LogP contribution in [-0.2, 0) is 6.42 Å². The third-order valence-electron chi connectivity index (χ3n) is 1.69. The molecule has 0 radical (unpaired) electrons. The van der Waals surface area contributed by atoms with Gasteiger partial charge in [0.25, 0.3) is 10.9 Å². The third-order valence-corrected chi connectivity index (χ3v) is 1.69. The van der Waals surface area contributed by atoms with Crippen LogP contribution in [0.3, 0.4) is 0 Å². The maximum Gasteiger partial charge on any atom is 0.277 e. The highest BCUT2D eigenvalue weighted by molar-refractivity contribution is 5.34. The Morgan fingerprint density at radius 1 is 1.08 bits per heavy atom. The van der Waals surface area contributed by atoms with Crippen molar-refractivity contribution in [3.05, 3.63) is 36.2 Å². The van der Waals surface area contributed by atoms with E-state index < -0.39 is 22.0 Å². The van der Waals surface area contributed by atoms with E-state index in [1.807, 2.05) is 0 Å². The first kappa shape index (κ1) is 8.64. The first-order valence-electron chi connectivity index (χ1n) is 3.65. The smallest absolute Gasteiger partial charge is 0.277 e. The van der Waals surface area contributed by atoms with Crippen molar-refractivity contribution in [1.29, 1.82) is 0 Å². The molecule has 64 valence electrons. The van der Waals surface area contributed by atoms with Crippen LogP contribution in [0.25, 0.3) is 0 Å². The molecule has 0 unspecified atom stereocenters. The Hall–Kier alpha value is -1.45. The second-order valence-corrected chi connectivity index (χ2v) is 2.56. The van der Waals surface area contributed by atoms with E-state index in [1.165, 1.54) is 0 Å². The van der Waals surface area contributed by atoms with Crippen molar-refractivity contribution in [2.24, 2.45) is 0 Å². The average Bonchev–Trinajstić information content (AvgIpc) is 2.23. The lowest BCUT2D eigenvalue weighted by Crippen LogP contribution is -2.30. The summed E-state index contributed by atoms with van der Waals surface area (Å²) in [6.45, 7) is 1.79. The van der Waals surface area contributed by atoms with E-state index in [-0.39, 0.29) is 12.0 Å². The van der Waals surface area contributed by atoms with Gasteiger partial charge in [-0.05, 0) is 6.42 Å². The highest BCUT2D eigenvalue weighted by Gasteiger charge is 2.17. The van der Waals surface area contributed by atoms with Crippen molar-refractivity contribution >= 4 is 0 Å². The SMILES string of the molecule is CCCc1c(O)c(=O)c(=O)c1=O. The zero-order chi connectivity index (χ0) is 9.30. The average molecular weight is 168 g/mol. The van der Waals surface area contributed by atoms with Crippen LogP contribution in [0.2, 0.25) is 0 Å². The first-order valence-corrected chi connectivity index (χ1v) is 3.65. The summed E-state index contributed by atoms with van der Waals surface area (Å²) in [4.78, 5) is 32.4. The van der Waals surface area contributed by atoms with Gasteiger partial charge in [-0.15, -0.1) is 0 Å². The minimum Gasteiger partial charge on any atom is -0.504 e. The first-order chi connectivity index (χ1) is 5.59. The van der Waals surface area contributed by atoms with Crippen molar-refractivity contribution in [2.75, 3.05) is 0 Å². The zero-order valence-electron chi connectivity index (χ0n) is 6.59. The summed E-state index contributed by atoms with van der Waals surface area (Å²) in [6.07, 6.45) is 0.897. The van der Waals surface area contributed by atoms with Gasteiger partial charge >= 0.3 is 0 Å². The Morgan fingerprint density at radius 2 is 1.67 bits per heavy atom. The van der Waals surface area contributed by atoms with E-state index in [4.69, 9.17) is 5.11 Å². The molecule has 0 atom stereocenters. The molecule has 4 heteroatoms. The minimum atomic E-state index is -1.11. The van der Waals surface area contributed by atoms with Crippen LogP contribution in [0.5, 0.6) is 5.75 Å². The molecular weight excluding hydrogens is 160 g/mol. The molecule has 1 aromatic rings. The van der Waals surface area contributed by atoms with Crippen molar-refractivity contribution in [3.63, 3.8) is 0 Å². The monoisotopic (exact) mass is 168 g/mol. The fraction of sp³-hybridized carbons (Fsp3) is 0.375. The summed E-state index contributed by atoms with van der Waals surface area (Å²) < 4.78 is 0. The summed E-state index contributed by atoms with van der Waals surface area (Å²) >= 11 is 0. The van der Waals surface area contributed by atoms with E-state index in [1.54, 1.807) is 6.92 Å². The molecule has 0 bridgehead atoms. The Labute approximate surface area is 67.8 Å². The Morgan fingerprint density at radius 3 is 2.00 bits per heavy atom. The topological polar surface area (TPSA) is 71.4 Å². The molecule has 0 amide bonds. The summed E-state index contributed by atoms with van der Waals surface area (Å²) in [5, 5.41) is 9.02. The van der Waals surface area contributed by atoms with Gasteiger partial charge in [0.2, 0.25) is 5.43 Å². The predicted octanol–water partition coefficient (Wildman–Crippen LogP) is -0.699. The molecule has 0 aliphatic carbocycles. The lowest BCUT2D eigenvalue weighted by Gasteiger charge is -1.90. The fourth-order valence-electron chi connectivity index (χ4n) is 1.07. The van der Waals surface area contributed by atoms with Crippen LogP contribution in [0.1, 0.15) is 18.9 Å². The van der Waals surface area contributed by atoms with Crippen molar-refractivity contribution in [3.8, 4) is 5.75 Å². The zero-order valence-corrected chi connectivity index (χ0v) is 6.59. The van der Waals surface area contributed by atoms with Crippen LogP contribution in [0, 0.1) is 0 Å². The van der Waals surface area contributed by atoms with Gasteiger partial charge in [-0.3, -0.25) is 14.4 Å². The maximum absolute atomic E-state index is 10.9. The van der Waals surface area contributed by atoms with E-state index in [0.717, 1.165) is 0 Å².